The average molecular weight is 508 g/mol. The van der Waals surface area contributed by atoms with E-state index in [4.69, 9.17) is 4.42 Å². The van der Waals surface area contributed by atoms with Crippen LogP contribution in [0, 0.1) is 5.82 Å². The van der Waals surface area contributed by atoms with E-state index < -0.39 is 18.1 Å². The summed E-state index contributed by atoms with van der Waals surface area (Å²) in [4.78, 5) is 20.9. The van der Waals surface area contributed by atoms with E-state index in [1.807, 2.05) is 36.4 Å². The minimum atomic E-state index is -2.91. The molecule has 190 valence electrons. The van der Waals surface area contributed by atoms with Crippen LogP contribution in [0.5, 0.6) is 0 Å². The van der Waals surface area contributed by atoms with Crippen molar-refractivity contribution in [2.45, 2.75) is 32.2 Å². The minimum Gasteiger partial charge on any atom is -0.415 e. The minimum absolute atomic E-state index is 0.0117. The number of rotatable bonds is 6. The Morgan fingerprint density at radius 3 is 2.24 bits per heavy atom. The number of hydrogen-bond donors (Lipinski definition) is 0. The van der Waals surface area contributed by atoms with Gasteiger partial charge in [-0.15, -0.1) is 10.2 Å². The molecule has 0 spiro atoms. The summed E-state index contributed by atoms with van der Waals surface area (Å²) in [6.45, 7) is 1.28. The van der Waals surface area contributed by atoms with Gasteiger partial charge in [0.2, 0.25) is 5.89 Å². The first-order valence-electron chi connectivity index (χ1n) is 12.0. The van der Waals surface area contributed by atoms with E-state index in [2.05, 4.69) is 15.2 Å². The van der Waals surface area contributed by atoms with Gasteiger partial charge in [0.1, 0.15) is 5.82 Å². The number of carbonyl (C=O) groups excluding carboxylic acids is 1. The number of nitrogens with zero attached hydrogens (tertiary/aromatic N) is 5. The summed E-state index contributed by atoms with van der Waals surface area (Å²) >= 11 is 0. The fraction of sp³-hybridized carbons (Fsp3) is 0.259. The van der Waals surface area contributed by atoms with Crippen LogP contribution in [-0.4, -0.2) is 39.2 Å². The van der Waals surface area contributed by atoms with Crippen molar-refractivity contribution < 1.29 is 22.4 Å². The number of aromatic nitrogens is 3. The highest BCUT2D eigenvalue weighted by Crippen LogP contribution is 2.28. The van der Waals surface area contributed by atoms with E-state index in [1.165, 1.54) is 12.1 Å². The molecule has 0 saturated carbocycles. The van der Waals surface area contributed by atoms with E-state index in [0.29, 0.717) is 18.8 Å². The normalized spacial score (nSPS) is 13.7. The van der Waals surface area contributed by atoms with E-state index in [-0.39, 0.29) is 29.6 Å². The summed E-state index contributed by atoms with van der Waals surface area (Å²) in [5, 5.41) is 6.86. The van der Waals surface area contributed by atoms with Gasteiger partial charge in [0.25, 0.3) is 5.89 Å². The van der Waals surface area contributed by atoms with Crippen molar-refractivity contribution in [3.05, 3.63) is 84.3 Å². The Hall–Kier alpha value is -4.21. The smallest absolute Gasteiger partial charge is 0.324 e. The molecular formula is C27H24F3N5O2. The Kier molecular flexibility index (Phi) is 7.16. The summed E-state index contributed by atoms with van der Waals surface area (Å²) in [5.41, 5.74) is 3.04. The van der Waals surface area contributed by atoms with Gasteiger partial charge in [0.15, 0.2) is 0 Å². The molecule has 5 rings (SSSR count). The molecule has 2 aromatic carbocycles. The van der Waals surface area contributed by atoms with Gasteiger partial charge in [0, 0.05) is 42.3 Å². The van der Waals surface area contributed by atoms with Gasteiger partial charge < -0.3 is 9.32 Å². The van der Waals surface area contributed by atoms with Crippen molar-refractivity contribution >= 4 is 11.7 Å². The molecule has 10 heteroatoms. The Labute approximate surface area is 211 Å². The lowest BCUT2D eigenvalue weighted by molar-refractivity contribution is 0.116. The van der Waals surface area contributed by atoms with E-state index >= 15 is 4.39 Å². The maximum Gasteiger partial charge on any atom is 0.324 e. The number of halogens is 3. The summed E-state index contributed by atoms with van der Waals surface area (Å²) in [7, 11) is 0. The predicted octanol–water partition coefficient (Wildman–Crippen LogP) is 6.49. The van der Waals surface area contributed by atoms with Crippen molar-refractivity contribution in [3.8, 4) is 22.6 Å². The van der Waals surface area contributed by atoms with Gasteiger partial charge in [-0.05, 0) is 66.8 Å². The number of piperidine rings is 1. The van der Waals surface area contributed by atoms with Crippen LogP contribution in [0.1, 0.15) is 37.1 Å². The number of alkyl halides is 2. The molecule has 0 radical (unpaired) electrons. The SMILES string of the molecule is O=C(N1CCCCC1)N(Cc1ccc(-c2nnc(C(F)F)o2)cc1F)c1ccc(-c2ccncc2)cc1. The number of pyridine rings is 1. The number of benzene rings is 2. The van der Waals surface area contributed by atoms with Crippen LogP contribution in [0.25, 0.3) is 22.6 Å². The Bertz CT molecular complexity index is 1360. The molecule has 1 aliphatic rings. The quantitative estimate of drug-likeness (QED) is 0.298. The van der Waals surface area contributed by atoms with Crippen molar-refractivity contribution in [1.29, 1.82) is 0 Å². The molecule has 0 N–H and O–H groups in total. The van der Waals surface area contributed by atoms with Crippen molar-refractivity contribution in [3.63, 3.8) is 0 Å². The zero-order valence-electron chi connectivity index (χ0n) is 19.9. The first-order valence-corrected chi connectivity index (χ1v) is 12.0. The lowest BCUT2D eigenvalue weighted by atomic mass is 10.1. The van der Waals surface area contributed by atoms with Gasteiger partial charge in [-0.1, -0.05) is 18.2 Å². The van der Waals surface area contributed by atoms with Gasteiger partial charge in [0.05, 0.1) is 6.54 Å². The van der Waals surface area contributed by atoms with Crippen molar-refractivity contribution in [2.24, 2.45) is 0 Å². The molecular weight excluding hydrogens is 483 g/mol. The number of carbonyl (C=O) groups is 1. The highest BCUT2D eigenvalue weighted by Gasteiger charge is 2.25. The highest BCUT2D eigenvalue weighted by atomic mass is 19.3. The Morgan fingerprint density at radius 1 is 0.919 bits per heavy atom. The maximum atomic E-state index is 15.2. The van der Waals surface area contributed by atoms with Gasteiger partial charge >= 0.3 is 12.5 Å². The second-order valence-corrected chi connectivity index (χ2v) is 8.75. The molecule has 2 aromatic heterocycles. The third-order valence-corrected chi connectivity index (χ3v) is 6.31. The first-order chi connectivity index (χ1) is 18.0. The van der Waals surface area contributed by atoms with Crippen LogP contribution in [-0.2, 0) is 6.54 Å². The number of urea groups is 1. The molecule has 1 fully saturated rings. The molecule has 2 amide bonds. The predicted molar refractivity (Wildman–Crippen MR) is 131 cm³/mol. The van der Waals surface area contributed by atoms with Crippen LogP contribution < -0.4 is 4.90 Å². The summed E-state index contributed by atoms with van der Waals surface area (Å²) < 4.78 is 45.7. The fourth-order valence-electron chi connectivity index (χ4n) is 4.32. The lowest BCUT2D eigenvalue weighted by Crippen LogP contribution is -2.45. The number of anilines is 1. The van der Waals surface area contributed by atoms with Crippen LogP contribution in [0.15, 0.2) is 71.4 Å². The molecule has 0 bridgehead atoms. The standard InChI is InChI=1S/C27H24F3N5O2/c28-23-16-20(25-32-33-26(37-25)24(29)30)4-5-21(23)17-35(27(36)34-14-2-1-3-15-34)22-8-6-18(7-9-22)19-10-12-31-13-11-19/h4-13,16,24H,1-3,14-15,17H2. The Balaban J connectivity index is 1.43. The average Bonchev–Trinajstić information content (AvgIpc) is 3.44. The largest absolute Gasteiger partial charge is 0.415 e. The third kappa shape index (κ3) is 5.47. The zero-order chi connectivity index (χ0) is 25.8. The molecule has 1 saturated heterocycles. The Morgan fingerprint density at radius 2 is 1.59 bits per heavy atom. The highest BCUT2D eigenvalue weighted by molar-refractivity contribution is 5.92. The summed E-state index contributed by atoms with van der Waals surface area (Å²) in [5.74, 6) is -1.64. The van der Waals surface area contributed by atoms with Crippen molar-refractivity contribution in [1.82, 2.24) is 20.1 Å². The molecule has 0 unspecified atom stereocenters. The van der Waals surface area contributed by atoms with E-state index in [9.17, 15) is 13.6 Å². The molecule has 1 aliphatic heterocycles. The van der Waals surface area contributed by atoms with Crippen LogP contribution >= 0.6 is 0 Å². The molecule has 4 aromatic rings. The lowest BCUT2D eigenvalue weighted by Gasteiger charge is -2.33. The second kappa shape index (κ2) is 10.8. The van der Waals surface area contributed by atoms with Crippen LogP contribution in [0.4, 0.5) is 23.7 Å². The van der Waals surface area contributed by atoms with Gasteiger partial charge in [-0.2, -0.15) is 8.78 Å². The molecule has 7 nitrogen and oxygen atoms in total. The van der Waals surface area contributed by atoms with Crippen LogP contribution in [0.3, 0.4) is 0 Å². The third-order valence-electron chi connectivity index (χ3n) is 6.31. The maximum absolute atomic E-state index is 15.2. The first kappa shape index (κ1) is 24.5. The second-order valence-electron chi connectivity index (χ2n) is 8.75. The molecule has 0 atom stereocenters. The van der Waals surface area contributed by atoms with E-state index in [1.54, 1.807) is 22.2 Å². The fourth-order valence-corrected chi connectivity index (χ4v) is 4.32. The zero-order valence-corrected chi connectivity index (χ0v) is 19.9. The van der Waals surface area contributed by atoms with Crippen LogP contribution in [0.2, 0.25) is 0 Å². The summed E-state index contributed by atoms with van der Waals surface area (Å²) in [6, 6.07) is 15.3. The number of hydrogen-bond acceptors (Lipinski definition) is 5. The molecule has 0 aliphatic carbocycles. The van der Waals surface area contributed by atoms with Gasteiger partial charge in [-0.3, -0.25) is 9.88 Å². The van der Waals surface area contributed by atoms with Crippen molar-refractivity contribution in [2.75, 3.05) is 18.0 Å². The topological polar surface area (TPSA) is 75.4 Å². The molecule has 37 heavy (non-hydrogen) atoms. The number of likely N-dealkylation sites (tertiary alicyclic amines) is 1. The van der Waals surface area contributed by atoms with Gasteiger partial charge in [-0.25, -0.2) is 9.18 Å². The molecule has 3 heterocycles. The van der Waals surface area contributed by atoms with E-state index in [0.717, 1.165) is 36.5 Å². The summed E-state index contributed by atoms with van der Waals surface area (Å²) in [6.07, 6.45) is 3.44. The number of amides is 2. The monoisotopic (exact) mass is 507 g/mol.